The third kappa shape index (κ3) is 6.47. The molecule has 0 spiro atoms. The molecule has 0 unspecified atom stereocenters. The molecule has 1 N–H and O–H groups in total. The highest BCUT2D eigenvalue weighted by atomic mass is 127. The number of hydrogen-bond acceptors (Lipinski definition) is 4. The molecule has 0 aromatic heterocycles. The van der Waals surface area contributed by atoms with Gasteiger partial charge in [-0.05, 0) is 78.6 Å². The van der Waals surface area contributed by atoms with Crippen molar-refractivity contribution < 1.29 is 14.3 Å². The molecule has 2 aromatic rings. The van der Waals surface area contributed by atoms with Crippen LogP contribution in [-0.2, 0) is 11.4 Å². The van der Waals surface area contributed by atoms with Crippen molar-refractivity contribution in [2.24, 2.45) is 0 Å². The smallest absolute Gasteiger partial charge is 0.262 e. The van der Waals surface area contributed by atoms with Crippen LogP contribution in [0.1, 0.15) is 49.3 Å². The molecule has 0 saturated heterocycles. The van der Waals surface area contributed by atoms with Gasteiger partial charge in [-0.25, -0.2) is 0 Å². The van der Waals surface area contributed by atoms with Gasteiger partial charge in [-0.1, -0.05) is 42.7 Å². The topological polar surface area (TPSA) is 71.3 Å². The molecule has 0 radical (unpaired) electrons. The average Bonchev–Trinajstić information content (AvgIpc) is 3.24. The largest absolute Gasteiger partial charge is 0.490 e. The summed E-state index contributed by atoms with van der Waals surface area (Å²) in [6.07, 6.45) is 5.81. The van der Waals surface area contributed by atoms with Gasteiger partial charge in [-0.15, -0.1) is 0 Å². The van der Waals surface area contributed by atoms with Gasteiger partial charge < -0.3 is 14.8 Å². The molecule has 5 nitrogen and oxygen atoms in total. The predicted molar refractivity (Wildman–Crippen MR) is 130 cm³/mol. The van der Waals surface area contributed by atoms with E-state index in [2.05, 4.69) is 47.0 Å². The van der Waals surface area contributed by atoms with E-state index >= 15 is 0 Å². The second-order valence-electron chi connectivity index (χ2n) is 7.67. The van der Waals surface area contributed by atoms with Crippen LogP contribution in [-0.4, -0.2) is 18.6 Å². The van der Waals surface area contributed by atoms with Crippen molar-refractivity contribution in [1.29, 1.82) is 5.26 Å². The standard InChI is InChI=1S/C25H27IN2O3/c1-3-30-23-14-19(12-20(15-27)25(29)28-21-9-4-5-10-21)13-22(26)24(23)31-16-18-8-6-7-17(2)11-18/h6-8,11-14,21H,3-5,9-10,16H2,1-2H3,(H,28,29)/b20-12-. The zero-order valence-corrected chi connectivity index (χ0v) is 20.1. The van der Waals surface area contributed by atoms with Crippen LogP contribution >= 0.6 is 22.6 Å². The molecule has 2 aromatic carbocycles. The highest BCUT2D eigenvalue weighted by molar-refractivity contribution is 14.1. The van der Waals surface area contributed by atoms with Gasteiger partial charge in [-0.2, -0.15) is 5.26 Å². The molecule has 1 aliphatic carbocycles. The minimum Gasteiger partial charge on any atom is -0.490 e. The molecular weight excluding hydrogens is 503 g/mol. The van der Waals surface area contributed by atoms with Crippen LogP contribution in [0, 0.1) is 21.8 Å². The Morgan fingerprint density at radius 3 is 2.71 bits per heavy atom. The maximum absolute atomic E-state index is 12.5. The molecule has 162 valence electrons. The molecule has 1 amide bonds. The van der Waals surface area contributed by atoms with Gasteiger partial charge in [0.05, 0.1) is 10.2 Å². The number of amides is 1. The summed E-state index contributed by atoms with van der Waals surface area (Å²) < 4.78 is 12.8. The van der Waals surface area contributed by atoms with Crippen molar-refractivity contribution in [2.75, 3.05) is 6.61 Å². The molecule has 0 bridgehead atoms. The Balaban J connectivity index is 1.81. The Bertz CT molecular complexity index is 1000. The number of ether oxygens (including phenoxy) is 2. The molecule has 1 aliphatic rings. The highest BCUT2D eigenvalue weighted by Crippen LogP contribution is 2.35. The summed E-state index contributed by atoms with van der Waals surface area (Å²) in [5.41, 5.74) is 3.09. The van der Waals surface area contributed by atoms with E-state index in [-0.39, 0.29) is 17.5 Å². The number of carbonyl (C=O) groups excluding carboxylic acids is 1. The van der Waals surface area contributed by atoms with Crippen LogP contribution in [0.25, 0.3) is 6.08 Å². The van der Waals surface area contributed by atoms with E-state index in [9.17, 15) is 10.1 Å². The van der Waals surface area contributed by atoms with E-state index in [0.717, 1.165) is 40.4 Å². The second-order valence-corrected chi connectivity index (χ2v) is 8.83. The number of halogens is 1. The lowest BCUT2D eigenvalue weighted by Gasteiger charge is -2.15. The van der Waals surface area contributed by atoms with Gasteiger partial charge in [0.1, 0.15) is 18.2 Å². The zero-order chi connectivity index (χ0) is 22.2. The van der Waals surface area contributed by atoms with Crippen molar-refractivity contribution in [3.05, 3.63) is 62.2 Å². The summed E-state index contributed by atoms with van der Waals surface area (Å²) >= 11 is 2.20. The van der Waals surface area contributed by atoms with Crippen LogP contribution in [0.3, 0.4) is 0 Å². The van der Waals surface area contributed by atoms with Crippen LogP contribution in [0.15, 0.2) is 42.0 Å². The first-order valence-electron chi connectivity index (χ1n) is 10.6. The van der Waals surface area contributed by atoms with Crippen LogP contribution in [0.5, 0.6) is 11.5 Å². The number of nitriles is 1. The first-order valence-corrected chi connectivity index (χ1v) is 11.7. The first kappa shape index (κ1) is 23.1. The van der Waals surface area contributed by atoms with Gasteiger partial charge in [-0.3, -0.25) is 4.79 Å². The number of benzene rings is 2. The van der Waals surface area contributed by atoms with E-state index in [1.807, 2.05) is 37.3 Å². The molecule has 3 rings (SSSR count). The maximum atomic E-state index is 12.5. The van der Waals surface area contributed by atoms with E-state index in [4.69, 9.17) is 9.47 Å². The monoisotopic (exact) mass is 530 g/mol. The van der Waals surface area contributed by atoms with Crippen molar-refractivity contribution >= 4 is 34.6 Å². The van der Waals surface area contributed by atoms with Gasteiger partial charge in [0.25, 0.3) is 5.91 Å². The van der Waals surface area contributed by atoms with Crippen LogP contribution < -0.4 is 14.8 Å². The summed E-state index contributed by atoms with van der Waals surface area (Å²) in [6.45, 7) is 4.88. The Hall–Kier alpha value is -2.53. The normalized spacial score (nSPS) is 14.2. The molecule has 1 saturated carbocycles. The molecule has 1 fully saturated rings. The summed E-state index contributed by atoms with van der Waals surface area (Å²) in [4.78, 5) is 12.5. The summed E-state index contributed by atoms with van der Waals surface area (Å²) in [6, 6.07) is 14.1. The SMILES string of the molecule is CCOc1cc(/C=C(/C#N)C(=O)NC2CCCC2)cc(I)c1OCc1cccc(C)c1. The van der Waals surface area contributed by atoms with E-state index in [1.54, 1.807) is 6.08 Å². The van der Waals surface area contributed by atoms with Crippen LogP contribution in [0.4, 0.5) is 0 Å². The van der Waals surface area contributed by atoms with E-state index < -0.39 is 0 Å². The predicted octanol–water partition coefficient (Wildman–Crippen LogP) is 5.54. The van der Waals surface area contributed by atoms with Gasteiger partial charge >= 0.3 is 0 Å². The number of carbonyl (C=O) groups is 1. The molecular formula is C25H27IN2O3. The average molecular weight is 530 g/mol. The van der Waals surface area contributed by atoms with Gasteiger partial charge in [0, 0.05) is 6.04 Å². The fraction of sp³-hybridized carbons (Fsp3) is 0.360. The minimum atomic E-state index is -0.317. The fourth-order valence-corrected chi connectivity index (χ4v) is 4.46. The Morgan fingerprint density at radius 1 is 1.26 bits per heavy atom. The summed E-state index contributed by atoms with van der Waals surface area (Å²) in [5.74, 6) is 0.943. The Kier molecular flexibility index (Phi) is 8.35. The minimum absolute atomic E-state index is 0.0959. The van der Waals surface area contributed by atoms with Gasteiger partial charge in [0.15, 0.2) is 11.5 Å². The molecule has 6 heteroatoms. The van der Waals surface area contributed by atoms with E-state index in [1.165, 1.54) is 5.56 Å². The number of rotatable bonds is 8. The third-order valence-corrected chi connectivity index (χ3v) is 5.97. The van der Waals surface area contributed by atoms with Crippen molar-refractivity contribution in [1.82, 2.24) is 5.32 Å². The van der Waals surface area contributed by atoms with Crippen molar-refractivity contribution in [3.8, 4) is 17.6 Å². The summed E-state index contributed by atoms with van der Waals surface area (Å²) in [7, 11) is 0. The summed E-state index contributed by atoms with van der Waals surface area (Å²) in [5, 5.41) is 12.5. The number of hydrogen-bond donors (Lipinski definition) is 1. The quantitative estimate of drug-likeness (QED) is 0.276. The van der Waals surface area contributed by atoms with Crippen molar-refractivity contribution in [3.63, 3.8) is 0 Å². The lowest BCUT2D eigenvalue weighted by Crippen LogP contribution is -2.33. The zero-order valence-electron chi connectivity index (χ0n) is 17.9. The lowest BCUT2D eigenvalue weighted by atomic mass is 10.1. The maximum Gasteiger partial charge on any atom is 0.262 e. The molecule has 31 heavy (non-hydrogen) atoms. The number of nitrogens with one attached hydrogen (secondary N) is 1. The Labute approximate surface area is 197 Å². The second kappa shape index (κ2) is 11.2. The molecule has 0 atom stereocenters. The number of aryl methyl sites for hydroxylation is 1. The van der Waals surface area contributed by atoms with Crippen LogP contribution in [0.2, 0.25) is 0 Å². The third-order valence-electron chi connectivity index (χ3n) is 5.16. The van der Waals surface area contributed by atoms with E-state index in [0.29, 0.717) is 24.7 Å². The number of nitrogens with zero attached hydrogens (tertiary/aromatic N) is 1. The van der Waals surface area contributed by atoms with Crippen molar-refractivity contribution in [2.45, 2.75) is 52.2 Å². The lowest BCUT2D eigenvalue weighted by molar-refractivity contribution is -0.117. The highest BCUT2D eigenvalue weighted by Gasteiger charge is 2.20. The fourth-order valence-electron chi connectivity index (χ4n) is 3.68. The van der Waals surface area contributed by atoms with Gasteiger partial charge in [0.2, 0.25) is 0 Å². The molecule has 0 aliphatic heterocycles. The first-order chi connectivity index (χ1) is 15.0. The Morgan fingerprint density at radius 2 is 2.03 bits per heavy atom. The molecule has 0 heterocycles.